The largest absolute Gasteiger partial charge is 0.441 e. The van der Waals surface area contributed by atoms with Crippen LogP contribution in [-0.4, -0.2) is 62.5 Å². The molecule has 0 N–H and O–H groups in total. The van der Waals surface area contributed by atoms with Crippen molar-refractivity contribution >= 4 is 17.6 Å². The average Bonchev–Trinajstić information content (AvgIpc) is 3.25. The number of ether oxygens (including phenoxy) is 1. The first-order chi connectivity index (χ1) is 13.4. The molecule has 0 radical (unpaired) electrons. The van der Waals surface area contributed by atoms with E-state index in [-0.39, 0.29) is 18.0 Å². The number of carbonyl (C=O) groups is 2. The summed E-state index contributed by atoms with van der Waals surface area (Å²) in [5.41, 5.74) is 1.83. The van der Waals surface area contributed by atoms with Gasteiger partial charge in [0.15, 0.2) is 0 Å². The molecule has 7 nitrogen and oxygen atoms in total. The molecule has 2 fully saturated rings. The van der Waals surface area contributed by atoms with Gasteiger partial charge in [-0.15, -0.1) is 0 Å². The van der Waals surface area contributed by atoms with Crippen LogP contribution in [-0.2, 0) is 4.74 Å². The average molecular weight is 384 g/mol. The number of pyridine rings is 1. The van der Waals surface area contributed by atoms with Crippen LogP contribution in [0.3, 0.4) is 0 Å². The van der Waals surface area contributed by atoms with E-state index in [2.05, 4.69) is 18.8 Å². The van der Waals surface area contributed by atoms with Crippen LogP contribution in [0.5, 0.6) is 0 Å². The number of carbonyl (C=O) groups excluding carboxylic acids is 2. The Hall–Kier alpha value is -2.57. The first-order valence-corrected chi connectivity index (χ1v) is 10.2. The monoisotopic (exact) mass is 384 g/mol. The molecular weight excluding hydrogens is 356 g/mol. The third kappa shape index (κ3) is 3.23. The molecular formula is C21H28N4O3. The highest BCUT2D eigenvalue weighted by atomic mass is 16.6. The Morgan fingerprint density at radius 2 is 2.07 bits per heavy atom. The highest BCUT2D eigenvalue weighted by molar-refractivity contribution is 5.93. The highest BCUT2D eigenvalue weighted by Gasteiger charge is 2.48. The van der Waals surface area contributed by atoms with Gasteiger partial charge in [-0.25, -0.2) is 9.78 Å². The Morgan fingerprint density at radius 1 is 1.32 bits per heavy atom. The maximum Gasteiger partial charge on any atom is 0.410 e. The number of hydrogen-bond donors (Lipinski definition) is 0. The molecule has 2 saturated heterocycles. The fourth-order valence-electron chi connectivity index (χ4n) is 4.35. The van der Waals surface area contributed by atoms with Gasteiger partial charge in [0.1, 0.15) is 16.9 Å². The van der Waals surface area contributed by atoms with Crippen LogP contribution in [0.25, 0.3) is 5.65 Å². The van der Waals surface area contributed by atoms with Crippen molar-refractivity contribution in [1.29, 1.82) is 0 Å². The van der Waals surface area contributed by atoms with Gasteiger partial charge in [-0.2, -0.15) is 0 Å². The van der Waals surface area contributed by atoms with Crippen LogP contribution in [0.15, 0.2) is 24.4 Å². The second-order valence-corrected chi connectivity index (χ2v) is 8.13. The van der Waals surface area contributed by atoms with E-state index >= 15 is 0 Å². The smallest absolute Gasteiger partial charge is 0.410 e. The first-order valence-electron chi connectivity index (χ1n) is 10.2. The number of hydrogen-bond acceptors (Lipinski definition) is 4. The van der Waals surface area contributed by atoms with Crippen LogP contribution >= 0.6 is 0 Å². The molecule has 1 unspecified atom stereocenters. The number of piperidine rings is 1. The fraction of sp³-hybridized carbons (Fsp3) is 0.571. The zero-order chi connectivity index (χ0) is 19.9. The van der Waals surface area contributed by atoms with Crippen molar-refractivity contribution < 1.29 is 14.3 Å². The van der Waals surface area contributed by atoms with E-state index in [0.29, 0.717) is 38.2 Å². The normalized spacial score (nSPS) is 20.0. The van der Waals surface area contributed by atoms with Crippen LogP contribution in [0.4, 0.5) is 4.79 Å². The summed E-state index contributed by atoms with van der Waals surface area (Å²) in [6, 6.07) is 6.03. The number of amides is 2. The molecule has 0 bridgehead atoms. The van der Waals surface area contributed by atoms with Crippen LogP contribution < -0.4 is 0 Å². The summed E-state index contributed by atoms with van der Waals surface area (Å²) in [6.45, 7) is 7.98. The molecule has 0 aliphatic carbocycles. The second kappa shape index (κ2) is 7.11. The number of rotatable bonds is 4. The summed E-state index contributed by atoms with van der Waals surface area (Å²) < 4.78 is 7.73. The van der Waals surface area contributed by atoms with Crippen molar-refractivity contribution in [3.05, 3.63) is 35.8 Å². The first kappa shape index (κ1) is 18.8. The minimum Gasteiger partial charge on any atom is -0.441 e. The van der Waals surface area contributed by atoms with Gasteiger partial charge in [-0.1, -0.05) is 19.4 Å². The van der Waals surface area contributed by atoms with E-state index in [9.17, 15) is 9.59 Å². The number of fused-ring (bicyclic) bond motifs is 1. The van der Waals surface area contributed by atoms with Crippen LogP contribution in [0.1, 0.15) is 55.7 Å². The summed E-state index contributed by atoms with van der Waals surface area (Å²) >= 11 is 0. The van der Waals surface area contributed by atoms with Gasteiger partial charge in [-0.05, 0) is 32.4 Å². The maximum absolute atomic E-state index is 12.9. The molecule has 0 saturated carbocycles. The SMILES string of the molecule is CCCC(C)N1CC2(CCN(C(=O)c3cn4c(C)cccc4n3)CC2)OC1=O. The fourth-order valence-corrected chi connectivity index (χ4v) is 4.35. The Balaban J connectivity index is 1.43. The lowest BCUT2D eigenvalue weighted by Crippen LogP contribution is -2.49. The number of imidazole rings is 1. The molecule has 1 spiro atoms. The minimum atomic E-state index is -0.453. The van der Waals surface area contributed by atoms with E-state index < -0.39 is 5.60 Å². The van der Waals surface area contributed by atoms with Crippen LogP contribution in [0.2, 0.25) is 0 Å². The lowest BCUT2D eigenvalue weighted by Gasteiger charge is -2.37. The van der Waals surface area contributed by atoms with Gasteiger partial charge in [-0.3, -0.25) is 4.79 Å². The molecule has 2 aromatic rings. The summed E-state index contributed by atoms with van der Waals surface area (Å²) in [5.74, 6) is -0.0570. The Morgan fingerprint density at radius 3 is 2.75 bits per heavy atom. The van der Waals surface area contributed by atoms with Crippen molar-refractivity contribution in [2.45, 2.75) is 58.1 Å². The minimum absolute atomic E-state index is 0.0570. The highest BCUT2D eigenvalue weighted by Crippen LogP contribution is 2.35. The van der Waals surface area contributed by atoms with Gasteiger partial charge < -0.3 is 18.9 Å². The van der Waals surface area contributed by atoms with Crippen LogP contribution in [0, 0.1) is 6.92 Å². The molecule has 150 valence electrons. The van der Waals surface area contributed by atoms with Crippen molar-refractivity contribution in [2.75, 3.05) is 19.6 Å². The quantitative estimate of drug-likeness (QED) is 0.811. The van der Waals surface area contributed by atoms with E-state index in [1.165, 1.54) is 0 Å². The number of aromatic nitrogens is 2. The molecule has 2 aliphatic heterocycles. The van der Waals surface area contributed by atoms with Crippen molar-refractivity contribution in [3.8, 4) is 0 Å². The molecule has 7 heteroatoms. The lowest BCUT2D eigenvalue weighted by molar-refractivity contribution is 0.00291. The summed E-state index contributed by atoms with van der Waals surface area (Å²) in [4.78, 5) is 33.4. The third-order valence-electron chi connectivity index (χ3n) is 6.11. The second-order valence-electron chi connectivity index (χ2n) is 8.13. The predicted molar refractivity (Wildman–Crippen MR) is 105 cm³/mol. The van der Waals surface area contributed by atoms with Crippen molar-refractivity contribution in [3.63, 3.8) is 0 Å². The van der Waals surface area contributed by atoms with Gasteiger partial charge in [0.2, 0.25) is 0 Å². The summed E-state index contributed by atoms with van der Waals surface area (Å²) in [7, 11) is 0. The third-order valence-corrected chi connectivity index (χ3v) is 6.11. The van der Waals surface area contributed by atoms with E-state index in [1.807, 2.05) is 39.3 Å². The zero-order valence-corrected chi connectivity index (χ0v) is 16.9. The zero-order valence-electron chi connectivity index (χ0n) is 16.9. The van der Waals surface area contributed by atoms with Gasteiger partial charge in [0.05, 0.1) is 6.54 Å². The predicted octanol–water partition coefficient (Wildman–Crippen LogP) is 3.26. The van der Waals surface area contributed by atoms with E-state index in [0.717, 1.165) is 24.2 Å². The van der Waals surface area contributed by atoms with Gasteiger partial charge >= 0.3 is 6.09 Å². The number of nitrogens with zero attached hydrogens (tertiary/aromatic N) is 4. The van der Waals surface area contributed by atoms with E-state index in [4.69, 9.17) is 4.74 Å². The molecule has 2 amide bonds. The Bertz CT molecular complexity index is 898. The lowest BCUT2D eigenvalue weighted by atomic mass is 9.91. The summed E-state index contributed by atoms with van der Waals surface area (Å²) in [5, 5.41) is 0. The van der Waals surface area contributed by atoms with Gasteiger partial charge in [0.25, 0.3) is 5.91 Å². The molecule has 4 rings (SSSR count). The molecule has 28 heavy (non-hydrogen) atoms. The molecule has 0 aromatic carbocycles. The molecule has 2 aromatic heterocycles. The van der Waals surface area contributed by atoms with Crippen molar-refractivity contribution in [2.24, 2.45) is 0 Å². The molecule has 4 heterocycles. The van der Waals surface area contributed by atoms with Gasteiger partial charge in [0, 0.05) is 43.9 Å². The maximum atomic E-state index is 12.9. The number of likely N-dealkylation sites (tertiary alicyclic amines) is 1. The molecule has 2 aliphatic rings. The van der Waals surface area contributed by atoms with E-state index in [1.54, 1.807) is 6.20 Å². The van der Waals surface area contributed by atoms with Crippen molar-refractivity contribution in [1.82, 2.24) is 19.2 Å². The number of aryl methyl sites for hydroxylation is 1. The summed E-state index contributed by atoms with van der Waals surface area (Å²) in [6.07, 6.45) is 4.96. The topological polar surface area (TPSA) is 67.2 Å². The Labute approximate surface area is 165 Å². The Kier molecular flexibility index (Phi) is 4.77. The standard InChI is InChI=1S/C21H28N4O3/c1-4-6-15(2)25-14-21(28-20(25)27)9-11-23(12-10-21)19(26)17-13-24-16(3)7-5-8-18(24)22-17/h5,7-8,13,15H,4,6,9-12,14H2,1-3H3. The molecule has 1 atom stereocenters.